The van der Waals surface area contributed by atoms with Crippen molar-refractivity contribution in [2.75, 3.05) is 13.2 Å². The van der Waals surface area contributed by atoms with E-state index in [0.29, 0.717) is 16.3 Å². The highest BCUT2D eigenvalue weighted by Crippen LogP contribution is 2.37. The van der Waals surface area contributed by atoms with Gasteiger partial charge in [0.05, 0.1) is 6.61 Å². The second-order valence-corrected chi connectivity index (χ2v) is 4.00. The highest BCUT2D eigenvalue weighted by Gasteiger charge is 2.37. The molecule has 1 heterocycles. The van der Waals surface area contributed by atoms with Gasteiger partial charge in [0.2, 0.25) is 0 Å². The Hall–Kier alpha value is -1.55. The number of ketones is 1. The molecule has 0 amide bonds. The van der Waals surface area contributed by atoms with Gasteiger partial charge in [0.15, 0.2) is 5.78 Å². The van der Waals surface area contributed by atoms with E-state index in [2.05, 4.69) is 0 Å². The van der Waals surface area contributed by atoms with Crippen molar-refractivity contribution in [2.24, 2.45) is 0 Å². The smallest absolute Gasteiger partial charge is 0.321 e. The van der Waals surface area contributed by atoms with Gasteiger partial charge in [-0.25, -0.2) is 0 Å². The van der Waals surface area contributed by atoms with Crippen LogP contribution in [0.15, 0.2) is 18.2 Å². The second kappa shape index (κ2) is 4.75. The Morgan fingerprint density at radius 2 is 2.35 bits per heavy atom. The highest BCUT2D eigenvalue weighted by atomic mass is 35.5. The SMILES string of the molecule is CCOC(=O)C1C(=O)COc2cccc(Cl)c21. The summed E-state index contributed by atoms with van der Waals surface area (Å²) >= 11 is 6.01. The zero-order valence-corrected chi connectivity index (χ0v) is 9.99. The van der Waals surface area contributed by atoms with Crippen LogP contribution in [0.2, 0.25) is 5.02 Å². The molecule has 1 aliphatic rings. The average Bonchev–Trinajstić information content (AvgIpc) is 2.30. The lowest BCUT2D eigenvalue weighted by Gasteiger charge is -2.24. The fraction of sp³-hybridized carbons (Fsp3) is 0.333. The predicted molar refractivity (Wildman–Crippen MR) is 61.3 cm³/mol. The van der Waals surface area contributed by atoms with Gasteiger partial charge >= 0.3 is 5.97 Å². The third kappa shape index (κ3) is 2.13. The highest BCUT2D eigenvalue weighted by molar-refractivity contribution is 6.32. The maximum absolute atomic E-state index is 11.8. The maximum atomic E-state index is 11.8. The molecule has 1 aromatic rings. The molecule has 0 aliphatic carbocycles. The predicted octanol–water partition coefficient (Wildman–Crippen LogP) is 1.95. The topological polar surface area (TPSA) is 52.6 Å². The number of carbonyl (C=O) groups is 2. The summed E-state index contributed by atoms with van der Waals surface area (Å²) in [7, 11) is 0. The number of carbonyl (C=O) groups excluding carboxylic acids is 2. The van der Waals surface area contributed by atoms with E-state index in [1.807, 2.05) is 0 Å². The number of hydrogen-bond acceptors (Lipinski definition) is 4. The van der Waals surface area contributed by atoms with Gasteiger partial charge in [-0.1, -0.05) is 17.7 Å². The number of Topliss-reactive ketones (excluding diaryl/α,β-unsaturated/α-hetero) is 1. The largest absolute Gasteiger partial charge is 0.485 e. The van der Waals surface area contributed by atoms with Gasteiger partial charge in [-0.2, -0.15) is 0 Å². The first-order valence-electron chi connectivity index (χ1n) is 5.25. The minimum absolute atomic E-state index is 0.128. The van der Waals surface area contributed by atoms with Gasteiger partial charge in [-0.15, -0.1) is 0 Å². The molecule has 0 radical (unpaired) electrons. The van der Waals surface area contributed by atoms with Crippen LogP contribution in [0.4, 0.5) is 0 Å². The third-order valence-electron chi connectivity index (χ3n) is 2.52. The number of hydrogen-bond donors (Lipinski definition) is 0. The molecule has 0 aromatic heterocycles. The Kier molecular flexibility index (Phi) is 3.33. The van der Waals surface area contributed by atoms with Gasteiger partial charge < -0.3 is 9.47 Å². The van der Waals surface area contributed by atoms with Crippen LogP contribution in [0.5, 0.6) is 5.75 Å². The van der Waals surface area contributed by atoms with Crippen LogP contribution in [-0.4, -0.2) is 25.0 Å². The molecule has 2 rings (SSSR count). The zero-order chi connectivity index (χ0) is 12.4. The number of fused-ring (bicyclic) bond motifs is 1. The summed E-state index contributed by atoms with van der Waals surface area (Å²) in [6.07, 6.45) is 0. The first-order valence-corrected chi connectivity index (χ1v) is 5.63. The van der Waals surface area contributed by atoms with Crippen LogP contribution in [0.3, 0.4) is 0 Å². The molecule has 0 N–H and O–H groups in total. The van der Waals surface area contributed by atoms with Gasteiger partial charge in [0.1, 0.15) is 18.3 Å². The molecular weight excluding hydrogens is 244 g/mol. The molecular formula is C12H11ClO4. The summed E-state index contributed by atoms with van der Waals surface area (Å²) in [6.45, 7) is 1.79. The molecule has 4 nitrogen and oxygen atoms in total. The minimum Gasteiger partial charge on any atom is -0.485 e. The first kappa shape index (κ1) is 11.9. The molecule has 1 aliphatic heterocycles. The summed E-state index contributed by atoms with van der Waals surface area (Å²) in [5.74, 6) is -1.40. The van der Waals surface area contributed by atoms with E-state index in [4.69, 9.17) is 21.1 Å². The minimum atomic E-state index is -0.965. The number of ether oxygens (including phenoxy) is 2. The van der Waals surface area contributed by atoms with Crippen molar-refractivity contribution in [3.05, 3.63) is 28.8 Å². The lowest BCUT2D eigenvalue weighted by Crippen LogP contribution is -2.32. The van der Waals surface area contributed by atoms with E-state index < -0.39 is 11.9 Å². The first-order chi connectivity index (χ1) is 8.15. The molecule has 0 saturated carbocycles. The number of benzene rings is 1. The zero-order valence-electron chi connectivity index (χ0n) is 9.23. The molecule has 1 aromatic carbocycles. The Labute approximate surface area is 103 Å². The maximum Gasteiger partial charge on any atom is 0.321 e. The van der Waals surface area contributed by atoms with Crippen molar-refractivity contribution in [2.45, 2.75) is 12.8 Å². The van der Waals surface area contributed by atoms with Gasteiger partial charge in [0.25, 0.3) is 0 Å². The molecule has 0 fully saturated rings. The van der Waals surface area contributed by atoms with E-state index >= 15 is 0 Å². The molecule has 17 heavy (non-hydrogen) atoms. The Bertz CT molecular complexity index is 470. The van der Waals surface area contributed by atoms with Crippen LogP contribution in [-0.2, 0) is 14.3 Å². The van der Waals surface area contributed by atoms with Crippen LogP contribution in [0, 0.1) is 0 Å². The van der Waals surface area contributed by atoms with Gasteiger partial charge in [-0.05, 0) is 19.1 Å². The van der Waals surface area contributed by atoms with Gasteiger partial charge in [0, 0.05) is 10.6 Å². The number of esters is 1. The fourth-order valence-corrected chi connectivity index (χ4v) is 2.07. The summed E-state index contributed by atoms with van der Waals surface area (Å²) in [5, 5.41) is 0.341. The van der Waals surface area contributed by atoms with Crippen molar-refractivity contribution in [1.29, 1.82) is 0 Å². The molecule has 0 spiro atoms. The lowest BCUT2D eigenvalue weighted by atomic mass is 9.92. The standard InChI is InChI=1S/C12H11ClO4/c1-2-16-12(15)11-8(14)6-17-9-5-3-4-7(13)10(9)11/h3-5,11H,2,6H2,1H3. The fourth-order valence-electron chi connectivity index (χ4n) is 1.79. The Morgan fingerprint density at radius 1 is 1.59 bits per heavy atom. The Balaban J connectivity index is 2.46. The third-order valence-corrected chi connectivity index (χ3v) is 2.85. The molecule has 5 heteroatoms. The molecule has 90 valence electrons. The van der Waals surface area contributed by atoms with Crippen LogP contribution in [0.1, 0.15) is 18.4 Å². The van der Waals surface area contributed by atoms with Crippen molar-refractivity contribution < 1.29 is 19.1 Å². The summed E-state index contributed by atoms with van der Waals surface area (Å²) in [6, 6.07) is 5.01. The number of halogens is 1. The van der Waals surface area contributed by atoms with E-state index in [1.54, 1.807) is 25.1 Å². The van der Waals surface area contributed by atoms with Gasteiger partial charge in [-0.3, -0.25) is 9.59 Å². The van der Waals surface area contributed by atoms with Crippen LogP contribution >= 0.6 is 11.6 Å². The van der Waals surface area contributed by atoms with E-state index in [0.717, 1.165) is 0 Å². The van der Waals surface area contributed by atoms with E-state index in [1.165, 1.54) is 0 Å². The van der Waals surface area contributed by atoms with Crippen molar-refractivity contribution in [1.82, 2.24) is 0 Å². The van der Waals surface area contributed by atoms with Crippen LogP contribution in [0.25, 0.3) is 0 Å². The summed E-state index contributed by atoms with van der Waals surface area (Å²) < 4.78 is 10.1. The number of rotatable bonds is 2. The second-order valence-electron chi connectivity index (χ2n) is 3.59. The quantitative estimate of drug-likeness (QED) is 0.598. The van der Waals surface area contributed by atoms with E-state index in [-0.39, 0.29) is 19.0 Å². The van der Waals surface area contributed by atoms with Crippen molar-refractivity contribution in [3.63, 3.8) is 0 Å². The summed E-state index contributed by atoms with van der Waals surface area (Å²) in [5.41, 5.74) is 0.406. The normalized spacial score (nSPS) is 18.2. The van der Waals surface area contributed by atoms with Crippen molar-refractivity contribution >= 4 is 23.4 Å². The van der Waals surface area contributed by atoms with Crippen LogP contribution < -0.4 is 4.74 Å². The molecule has 0 saturated heterocycles. The lowest BCUT2D eigenvalue weighted by molar-refractivity contribution is -0.149. The average molecular weight is 255 g/mol. The van der Waals surface area contributed by atoms with Crippen molar-refractivity contribution in [3.8, 4) is 5.75 Å². The summed E-state index contributed by atoms with van der Waals surface area (Å²) in [4.78, 5) is 23.5. The molecule has 1 atom stereocenters. The van der Waals surface area contributed by atoms with E-state index in [9.17, 15) is 9.59 Å². The molecule has 1 unspecified atom stereocenters. The Morgan fingerprint density at radius 3 is 3.06 bits per heavy atom. The molecule has 0 bridgehead atoms. The monoisotopic (exact) mass is 254 g/mol.